The van der Waals surface area contributed by atoms with E-state index in [0.717, 1.165) is 27.8 Å². The van der Waals surface area contributed by atoms with Crippen LogP contribution in [0.3, 0.4) is 0 Å². The highest BCUT2D eigenvalue weighted by Crippen LogP contribution is 2.35. The van der Waals surface area contributed by atoms with Crippen LogP contribution in [0, 0.1) is 0 Å². The Balaban J connectivity index is 1.52. The Hall–Kier alpha value is -5.16. The van der Waals surface area contributed by atoms with Gasteiger partial charge in [-0.15, -0.1) is 0 Å². The number of pyridine rings is 1. The van der Waals surface area contributed by atoms with E-state index in [9.17, 15) is 0 Å². The van der Waals surface area contributed by atoms with Crippen LogP contribution < -0.4 is 0 Å². The molecule has 3 heterocycles. The zero-order valence-electron chi connectivity index (χ0n) is 19.9. The average molecular weight is 476 g/mol. The number of para-hydroxylation sites is 3. The lowest BCUT2D eigenvalue weighted by molar-refractivity contribution is 1.05. The van der Waals surface area contributed by atoms with Crippen LogP contribution in [-0.4, -0.2) is 24.5 Å². The van der Waals surface area contributed by atoms with Gasteiger partial charge in [-0.25, -0.2) is 15.0 Å². The molecule has 7 rings (SSSR count). The van der Waals surface area contributed by atoms with E-state index in [1.165, 1.54) is 10.8 Å². The number of hydrogen-bond donors (Lipinski definition) is 0. The van der Waals surface area contributed by atoms with Crippen molar-refractivity contribution in [2.24, 2.45) is 0 Å². The van der Waals surface area contributed by atoms with Gasteiger partial charge in [-0.1, -0.05) is 84.9 Å². The molecular weight excluding hydrogens is 454 g/mol. The van der Waals surface area contributed by atoms with Crippen molar-refractivity contribution < 1.29 is 0 Å². The summed E-state index contributed by atoms with van der Waals surface area (Å²) in [4.78, 5) is 19.2. The highest BCUT2D eigenvalue weighted by Gasteiger charge is 2.18. The molecule has 5 heteroatoms. The van der Waals surface area contributed by atoms with Crippen molar-refractivity contribution in [2.45, 2.75) is 0 Å². The lowest BCUT2D eigenvalue weighted by Crippen LogP contribution is -2.04. The fourth-order valence-corrected chi connectivity index (χ4v) is 4.86. The molecule has 0 amide bonds. The molecule has 37 heavy (non-hydrogen) atoms. The van der Waals surface area contributed by atoms with E-state index < -0.39 is 0 Å². The van der Waals surface area contributed by atoms with E-state index in [1.807, 2.05) is 54.6 Å². The molecular formula is C32H21N5. The second-order valence-electron chi connectivity index (χ2n) is 8.77. The van der Waals surface area contributed by atoms with Crippen LogP contribution >= 0.6 is 0 Å². The fourth-order valence-electron chi connectivity index (χ4n) is 4.86. The SMILES string of the molecule is c1ccc(-c2nc(-c3ccccn3)nc(-c3ccccc3-n3c4ccccc4c4ccccc43)n2)cc1. The first kappa shape index (κ1) is 21.1. The Labute approximate surface area is 213 Å². The number of rotatable bonds is 4. The van der Waals surface area contributed by atoms with E-state index in [4.69, 9.17) is 15.0 Å². The topological polar surface area (TPSA) is 56.5 Å². The Morgan fingerprint density at radius 1 is 0.459 bits per heavy atom. The van der Waals surface area contributed by atoms with Gasteiger partial charge < -0.3 is 4.57 Å². The highest BCUT2D eigenvalue weighted by atomic mass is 15.1. The number of hydrogen-bond acceptors (Lipinski definition) is 4. The monoisotopic (exact) mass is 475 g/mol. The van der Waals surface area contributed by atoms with Gasteiger partial charge in [0, 0.05) is 28.1 Å². The van der Waals surface area contributed by atoms with Gasteiger partial charge in [0.1, 0.15) is 5.69 Å². The maximum atomic E-state index is 4.97. The lowest BCUT2D eigenvalue weighted by atomic mass is 10.1. The van der Waals surface area contributed by atoms with Gasteiger partial charge >= 0.3 is 0 Å². The van der Waals surface area contributed by atoms with E-state index >= 15 is 0 Å². The average Bonchev–Trinajstić information content (AvgIpc) is 3.32. The Kier molecular flexibility index (Phi) is 5.03. The van der Waals surface area contributed by atoms with Gasteiger partial charge in [0.25, 0.3) is 0 Å². The number of nitrogens with zero attached hydrogens (tertiary/aromatic N) is 5. The second-order valence-corrected chi connectivity index (χ2v) is 8.77. The Morgan fingerprint density at radius 3 is 1.78 bits per heavy atom. The minimum absolute atomic E-state index is 0.543. The van der Waals surface area contributed by atoms with Crippen molar-refractivity contribution in [3.8, 4) is 40.0 Å². The highest BCUT2D eigenvalue weighted by molar-refractivity contribution is 6.09. The van der Waals surface area contributed by atoms with Crippen molar-refractivity contribution in [3.63, 3.8) is 0 Å². The first-order chi connectivity index (χ1) is 18.4. The van der Waals surface area contributed by atoms with Crippen LogP contribution in [0.15, 0.2) is 128 Å². The van der Waals surface area contributed by atoms with Crippen molar-refractivity contribution in [2.75, 3.05) is 0 Å². The number of aromatic nitrogens is 5. The van der Waals surface area contributed by atoms with Crippen LogP contribution in [0.4, 0.5) is 0 Å². The molecule has 0 aliphatic rings. The van der Waals surface area contributed by atoms with Crippen LogP contribution in [0.25, 0.3) is 61.8 Å². The molecule has 0 aliphatic heterocycles. The van der Waals surface area contributed by atoms with Gasteiger partial charge in [-0.3, -0.25) is 4.98 Å². The normalized spacial score (nSPS) is 11.2. The summed E-state index contributed by atoms with van der Waals surface area (Å²) in [6, 6.07) is 41.0. The number of benzene rings is 4. The molecule has 174 valence electrons. The summed E-state index contributed by atoms with van der Waals surface area (Å²) >= 11 is 0. The van der Waals surface area contributed by atoms with Crippen molar-refractivity contribution in [1.29, 1.82) is 0 Å². The molecule has 0 spiro atoms. The lowest BCUT2D eigenvalue weighted by Gasteiger charge is -2.14. The maximum absolute atomic E-state index is 4.97. The fraction of sp³-hybridized carbons (Fsp3) is 0. The van der Waals surface area contributed by atoms with Gasteiger partial charge in [0.15, 0.2) is 17.5 Å². The minimum atomic E-state index is 0.543. The van der Waals surface area contributed by atoms with Gasteiger partial charge in [-0.2, -0.15) is 0 Å². The van der Waals surface area contributed by atoms with E-state index in [2.05, 4.69) is 76.3 Å². The third-order valence-electron chi connectivity index (χ3n) is 6.53. The van der Waals surface area contributed by atoms with E-state index in [1.54, 1.807) is 6.20 Å². The van der Waals surface area contributed by atoms with E-state index in [-0.39, 0.29) is 0 Å². The van der Waals surface area contributed by atoms with Crippen LogP contribution in [0.2, 0.25) is 0 Å². The summed E-state index contributed by atoms with van der Waals surface area (Å²) in [6.45, 7) is 0. The molecule has 3 aromatic heterocycles. The molecule has 0 N–H and O–H groups in total. The first-order valence-corrected chi connectivity index (χ1v) is 12.2. The molecule has 0 fully saturated rings. The zero-order chi connectivity index (χ0) is 24.6. The smallest absolute Gasteiger partial charge is 0.182 e. The molecule has 0 aliphatic carbocycles. The van der Waals surface area contributed by atoms with E-state index in [0.29, 0.717) is 23.2 Å². The summed E-state index contributed by atoms with van der Waals surface area (Å²) in [5, 5.41) is 2.42. The number of fused-ring (bicyclic) bond motifs is 3. The molecule has 5 nitrogen and oxygen atoms in total. The molecule has 0 radical (unpaired) electrons. The van der Waals surface area contributed by atoms with Crippen molar-refractivity contribution >= 4 is 21.8 Å². The summed E-state index contributed by atoms with van der Waals surface area (Å²) in [7, 11) is 0. The molecule has 4 aromatic carbocycles. The van der Waals surface area contributed by atoms with Crippen molar-refractivity contribution in [1.82, 2.24) is 24.5 Å². The molecule has 0 atom stereocenters. The van der Waals surface area contributed by atoms with Crippen LogP contribution in [0.1, 0.15) is 0 Å². The third kappa shape index (κ3) is 3.65. The molecule has 0 saturated heterocycles. The quantitative estimate of drug-likeness (QED) is 0.267. The minimum Gasteiger partial charge on any atom is -0.309 e. The van der Waals surface area contributed by atoms with Crippen LogP contribution in [0.5, 0.6) is 0 Å². The third-order valence-corrected chi connectivity index (χ3v) is 6.53. The Bertz CT molecular complexity index is 1760. The second kappa shape index (κ2) is 8.81. The molecule has 0 bridgehead atoms. The van der Waals surface area contributed by atoms with Crippen LogP contribution in [-0.2, 0) is 0 Å². The molecule has 0 saturated carbocycles. The molecule has 0 unspecified atom stereocenters. The first-order valence-electron chi connectivity index (χ1n) is 12.2. The van der Waals surface area contributed by atoms with Gasteiger partial charge in [0.05, 0.1) is 16.7 Å². The Morgan fingerprint density at radius 2 is 1.05 bits per heavy atom. The predicted octanol–water partition coefficient (Wildman–Crippen LogP) is 7.36. The molecule has 7 aromatic rings. The summed E-state index contributed by atoms with van der Waals surface area (Å²) < 4.78 is 2.30. The van der Waals surface area contributed by atoms with Gasteiger partial charge in [0.2, 0.25) is 0 Å². The maximum Gasteiger partial charge on any atom is 0.182 e. The largest absolute Gasteiger partial charge is 0.309 e. The standard InChI is InChI=1S/C32H21N5/c1-2-12-22(13-3-1)30-34-31(36-32(35-30)26-17-10-11-21-33-26)25-16-6-9-20-29(25)37-27-18-7-4-14-23(27)24-15-5-8-19-28(24)37/h1-21H. The zero-order valence-corrected chi connectivity index (χ0v) is 19.9. The summed E-state index contributed by atoms with van der Waals surface area (Å²) in [5.74, 6) is 1.76. The van der Waals surface area contributed by atoms with Gasteiger partial charge in [-0.05, 0) is 36.4 Å². The summed E-state index contributed by atoms with van der Waals surface area (Å²) in [6.07, 6.45) is 1.76. The van der Waals surface area contributed by atoms with Crippen molar-refractivity contribution in [3.05, 3.63) is 128 Å². The summed E-state index contributed by atoms with van der Waals surface area (Å²) in [5.41, 5.74) is 5.84. The predicted molar refractivity (Wildman–Crippen MR) is 148 cm³/mol.